The Balaban J connectivity index is 2.04. The zero-order valence-electron chi connectivity index (χ0n) is 13.9. The third kappa shape index (κ3) is 4.06. The summed E-state index contributed by atoms with van der Waals surface area (Å²) in [7, 11) is 0. The summed E-state index contributed by atoms with van der Waals surface area (Å²) in [5.74, 6) is -0.169. The lowest BCUT2D eigenvalue weighted by molar-refractivity contribution is -0.116. The van der Waals surface area contributed by atoms with Crippen LogP contribution in [0.1, 0.15) is 47.2 Å². The van der Waals surface area contributed by atoms with Crippen LogP contribution in [0.2, 0.25) is 0 Å². The van der Waals surface area contributed by atoms with Crippen molar-refractivity contribution >= 4 is 22.4 Å². The molecule has 24 heavy (non-hydrogen) atoms. The molecular weight excluding hydrogens is 326 g/mol. The molecule has 0 radical (unpaired) electrons. The van der Waals surface area contributed by atoms with Crippen LogP contribution in [0.4, 0.5) is 5.13 Å². The Bertz CT molecular complexity index is 847. The molecule has 0 aliphatic carbocycles. The molecule has 0 fully saturated rings. The Morgan fingerprint density at radius 2 is 2.08 bits per heavy atom. The van der Waals surface area contributed by atoms with Crippen molar-refractivity contribution in [1.29, 1.82) is 5.26 Å². The second-order valence-electron chi connectivity index (χ2n) is 5.47. The number of aromatic amines is 1. The molecule has 8 heteroatoms. The molecule has 0 saturated heterocycles. The van der Waals surface area contributed by atoms with E-state index >= 15 is 0 Å². The largest absolute Gasteiger partial charge is 0.325 e. The van der Waals surface area contributed by atoms with E-state index in [0.29, 0.717) is 22.8 Å². The lowest BCUT2D eigenvalue weighted by Crippen LogP contribution is -2.18. The third-order valence-electron chi connectivity index (χ3n) is 3.70. The zero-order chi connectivity index (χ0) is 17.7. The lowest BCUT2D eigenvalue weighted by atomic mass is 9.99. The minimum atomic E-state index is -0.391. The van der Waals surface area contributed by atoms with Gasteiger partial charge in [-0.15, -0.1) is 10.2 Å². The van der Waals surface area contributed by atoms with Crippen LogP contribution >= 0.6 is 11.3 Å². The van der Waals surface area contributed by atoms with Crippen molar-refractivity contribution in [3.8, 4) is 6.07 Å². The molecular formula is C16H19N5O2S. The van der Waals surface area contributed by atoms with E-state index in [1.165, 1.54) is 11.3 Å². The molecule has 2 N–H and O–H groups in total. The number of anilines is 1. The molecule has 7 nitrogen and oxygen atoms in total. The van der Waals surface area contributed by atoms with Gasteiger partial charge in [0, 0.05) is 18.5 Å². The van der Waals surface area contributed by atoms with Gasteiger partial charge in [-0.3, -0.25) is 9.59 Å². The van der Waals surface area contributed by atoms with Gasteiger partial charge in [0.15, 0.2) is 0 Å². The summed E-state index contributed by atoms with van der Waals surface area (Å²) in [6.45, 7) is 5.56. The van der Waals surface area contributed by atoms with Gasteiger partial charge in [-0.05, 0) is 37.8 Å². The molecule has 0 saturated carbocycles. The second-order valence-corrected chi connectivity index (χ2v) is 6.53. The number of nitrogens with zero attached hydrogens (tertiary/aromatic N) is 3. The first-order valence-electron chi connectivity index (χ1n) is 7.71. The Hall–Kier alpha value is -2.53. The van der Waals surface area contributed by atoms with Gasteiger partial charge >= 0.3 is 0 Å². The molecule has 0 bridgehead atoms. The van der Waals surface area contributed by atoms with Gasteiger partial charge in [0.1, 0.15) is 16.6 Å². The van der Waals surface area contributed by atoms with Crippen LogP contribution in [0, 0.1) is 25.2 Å². The number of hydrogen-bond donors (Lipinski definition) is 2. The van der Waals surface area contributed by atoms with Crippen molar-refractivity contribution in [2.75, 3.05) is 5.32 Å². The summed E-state index contributed by atoms with van der Waals surface area (Å²) in [6, 6.07) is 1.91. The highest BCUT2D eigenvalue weighted by Gasteiger charge is 2.14. The van der Waals surface area contributed by atoms with Crippen LogP contribution in [0.15, 0.2) is 4.79 Å². The van der Waals surface area contributed by atoms with E-state index in [1.54, 1.807) is 13.8 Å². The second kappa shape index (κ2) is 7.84. The normalized spacial score (nSPS) is 10.4. The van der Waals surface area contributed by atoms with Gasteiger partial charge in [-0.2, -0.15) is 5.26 Å². The van der Waals surface area contributed by atoms with Crippen molar-refractivity contribution in [2.24, 2.45) is 0 Å². The highest BCUT2D eigenvalue weighted by molar-refractivity contribution is 7.15. The van der Waals surface area contributed by atoms with Crippen molar-refractivity contribution in [2.45, 2.75) is 46.5 Å². The fourth-order valence-electron chi connectivity index (χ4n) is 2.46. The van der Waals surface area contributed by atoms with Crippen LogP contribution in [-0.2, 0) is 17.6 Å². The maximum atomic E-state index is 12.1. The van der Waals surface area contributed by atoms with E-state index in [4.69, 9.17) is 5.26 Å². The summed E-state index contributed by atoms with van der Waals surface area (Å²) in [4.78, 5) is 26.5. The summed E-state index contributed by atoms with van der Waals surface area (Å²) >= 11 is 1.38. The highest BCUT2D eigenvalue weighted by Crippen LogP contribution is 2.18. The molecule has 0 atom stereocenters. The first-order valence-corrected chi connectivity index (χ1v) is 8.52. The Morgan fingerprint density at radius 3 is 2.75 bits per heavy atom. The molecule has 2 aromatic heterocycles. The van der Waals surface area contributed by atoms with Gasteiger partial charge in [0.25, 0.3) is 5.56 Å². The zero-order valence-corrected chi connectivity index (χ0v) is 14.7. The quantitative estimate of drug-likeness (QED) is 0.834. The molecule has 2 heterocycles. The average molecular weight is 345 g/mol. The number of hydrogen-bond acceptors (Lipinski definition) is 6. The van der Waals surface area contributed by atoms with Crippen LogP contribution in [0.5, 0.6) is 0 Å². The van der Waals surface area contributed by atoms with Crippen LogP contribution < -0.4 is 10.9 Å². The Morgan fingerprint density at radius 1 is 1.33 bits per heavy atom. The number of aryl methyl sites for hydroxylation is 2. The molecule has 0 aliphatic rings. The van der Waals surface area contributed by atoms with Crippen LogP contribution in [-0.4, -0.2) is 21.1 Å². The summed E-state index contributed by atoms with van der Waals surface area (Å²) in [5, 5.41) is 21.2. The standard InChI is InChI=1S/C16H19N5O2S/c1-4-5-14-20-21-16(24-14)19-13(22)7-6-11-9(2)12(8-17)15(23)18-10(11)3/h4-7H2,1-3H3,(H,18,23)(H,19,21,22). The van der Waals surface area contributed by atoms with E-state index in [-0.39, 0.29) is 17.9 Å². The third-order valence-corrected chi connectivity index (χ3v) is 4.60. The number of nitriles is 1. The number of H-pyrrole nitrogens is 1. The van der Waals surface area contributed by atoms with Gasteiger partial charge in [-0.25, -0.2) is 0 Å². The molecule has 2 rings (SSSR count). The van der Waals surface area contributed by atoms with Gasteiger partial charge < -0.3 is 10.3 Å². The highest BCUT2D eigenvalue weighted by atomic mass is 32.1. The van der Waals surface area contributed by atoms with Crippen molar-refractivity contribution < 1.29 is 4.79 Å². The minimum absolute atomic E-state index is 0.101. The number of carbonyl (C=O) groups is 1. The molecule has 126 valence electrons. The Labute approximate surface area is 143 Å². The summed E-state index contributed by atoms with van der Waals surface area (Å²) < 4.78 is 0. The topological polar surface area (TPSA) is 112 Å². The molecule has 0 spiro atoms. The first kappa shape index (κ1) is 17.8. The molecule has 2 aromatic rings. The van der Waals surface area contributed by atoms with Crippen molar-refractivity contribution in [1.82, 2.24) is 15.2 Å². The van der Waals surface area contributed by atoms with Gasteiger partial charge in [-0.1, -0.05) is 18.3 Å². The summed E-state index contributed by atoms with van der Waals surface area (Å²) in [5.41, 5.74) is 1.85. The number of pyridine rings is 1. The monoisotopic (exact) mass is 345 g/mol. The molecule has 0 unspecified atom stereocenters. The van der Waals surface area contributed by atoms with Crippen LogP contribution in [0.3, 0.4) is 0 Å². The Kier molecular flexibility index (Phi) is 5.82. The van der Waals surface area contributed by atoms with Gasteiger partial charge in [0.05, 0.1) is 0 Å². The minimum Gasteiger partial charge on any atom is -0.325 e. The fraction of sp³-hybridized carbons (Fsp3) is 0.438. The number of carbonyl (C=O) groups excluding carboxylic acids is 1. The summed E-state index contributed by atoms with van der Waals surface area (Å²) in [6.07, 6.45) is 2.51. The predicted octanol–water partition coefficient (Wildman–Crippen LogP) is 2.24. The number of amides is 1. The first-order chi connectivity index (χ1) is 11.5. The maximum absolute atomic E-state index is 12.1. The molecule has 0 aliphatic heterocycles. The van der Waals surface area contributed by atoms with E-state index in [2.05, 4.69) is 27.4 Å². The number of aromatic nitrogens is 3. The van der Waals surface area contributed by atoms with E-state index < -0.39 is 5.56 Å². The van der Waals surface area contributed by atoms with Crippen molar-refractivity contribution in [3.05, 3.63) is 37.7 Å². The van der Waals surface area contributed by atoms with E-state index in [9.17, 15) is 9.59 Å². The average Bonchev–Trinajstić information content (AvgIpc) is 2.94. The van der Waals surface area contributed by atoms with E-state index in [1.807, 2.05) is 6.07 Å². The predicted molar refractivity (Wildman–Crippen MR) is 92.1 cm³/mol. The number of rotatable bonds is 6. The number of nitrogens with one attached hydrogen (secondary N) is 2. The SMILES string of the molecule is CCCc1nnc(NC(=O)CCc2c(C)[nH]c(=O)c(C#N)c2C)s1. The van der Waals surface area contributed by atoms with Crippen molar-refractivity contribution in [3.63, 3.8) is 0 Å². The van der Waals surface area contributed by atoms with Gasteiger partial charge in [0.2, 0.25) is 11.0 Å². The maximum Gasteiger partial charge on any atom is 0.266 e. The smallest absolute Gasteiger partial charge is 0.266 e. The fourth-order valence-corrected chi connectivity index (χ4v) is 3.32. The van der Waals surface area contributed by atoms with Crippen LogP contribution in [0.25, 0.3) is 0 Å². The van der Waals surface area contributed by atoms with E-state index in [0.717, 1.165) is 23.4 Å². The molecule has 0 aromatic carbocycles. The lowest BCUT2D eigenvalue weighted by Gasteiger charge is -2.10. The molecule has 1 amide bonds.